The van der Waals surface area contributed by atoms with Gasteiger partial charge < -0.3 is 14.5 Å². The number of rotatable bonds is 5. The molecule has 1 N–H and O–H groups in total. The molecule has 30 heavy (non-hydrogen) atoms. The molecule has 3 aromatic rings. The molecule has 0 amide bonds. The van der Waals surface area contributed by atoms with E-state index in [0.29, 0.717) is 18.5 Å². The number of hydrogen-bond donors (Lipinski definition) is 1. The maximum Gasteiger partial charge on any atom is 0.316 e. The Morgan fingerprint density at radius 3 is 2.83 bits per heavy atom. The van der Waals surface area contributed by atoms with Crippen LogP contribution < -0.4 is 5.32 Å². The van der Waals surface area contributed by atoms with Crippen molar-refractivity contribution < 1.29 is 9.15 Å². The van der Waals surface area contributed by atoms with Gasteiger partial charge in [0, 0.05) is 6.04 Å². The van der Waals surface area contributed by atoms with Gasteiger partial charge in [0.15, 0.2) is 0 Å². The molecule has 1 atom stereocenters. The maximum absolute atomic E-state index is 5.99. The fourth-order valence-electron chi connectivity index (χ4n) is 4.00. The van der Waals surface area contributed by atoms with Crippen LogP contribution in [0.4, 0.5) is 6.01 Å². The molecule has 7 heteroatoms. The number of aryl methyl sites for hydroxylation is 1. The van der Waals surface area contributed by atoms with Gasteiger partial charge in [0.25, 0.3) is 5.89 Å². The minimum absolute atomic E-state index is 0.272. The van der Waals surface area contributed by atoms with Gasteiger partial charge in [0.2, 0.25) is 0 Å². The minimum Gasteiger partial charge on any atom is -0.402 e. The van der Waals surface area contributed by atoms with Gasteiger partial charge in [-0.25, -0.2) is 4.98 Å². The fraction of sp³-hybridized carbons (Fsp3) is 0.348. The van der Waals surface area contributed by atoms with Crippen LogP contribution in [0.15, 0.2) is 46.9 Å². The Labute approximate surface area is 179 Å². The van der Waals surface area contributed by atoms with Gasteiger partial charge in [0.05, 0.1) is 23.1 Å². The monoisotopic (exact) mass is 420 g/mol. The quantitative estimate of drug-likeness (QED) is 0.600. The largest absolute Gasteiger partial charge is 0.402 e. The highest BCUT2D eigenvalue weighted by atomic mass is 32.1. The molecule has 6 nitrogen and oxygen atoms in total. The van der Waals surface area contributed by atoms with Crippen LogP contribution in [-0.2, 0) is 4.74 Å². The van der Waals surface area contributed by atoms with Gasteiger partial charge in [-0.2, -0.15) is 0 Å². The molecule has 3 heterocycles. The molecule has 0 unspecified atom stereocenters. The summed E-state index contributed by atoms with van der Waals surface area (Å²) in [6.07, 6.45) is 8.35. The normalized spacial score (nSPS) is 19.3. The summed E-state index contributed by atoms with van der Waals surface area (Å²) in [5, 5.41) is 13.0. The molecular weight excluding hydrogens is 396 g/mol. The first-order valence-corrected chi connectivity index (χ1v) is 11.2. The van der Waals surface area contributed by atoms with Crippen LogP contribution >= 0.6 is 11.3 Å². The Morgan fingerprint density at radius 1 is 1.10 bits per heavy atom. The lowest BCUT2D eigenvalue weighted by atomic mass is 9.90. The molecule has 0 bridgehead atoms. The lowest BCUT2D eigenvalue weighted by Gasteiger charge is -2.23. The first-order chi connectivity index (χ1) is 14.8. The first-order valence-electron chi connectivity index (χ1n) is 10.4. The van der Waals surface area contributed by atoms with Gasteiger partial charge in [-0.05, 0) is 49.3 Å². The lowest BCUT2D eigenvalue weighted by molar-refractivity contribution is 0.161. The number of hydrogen-bond acceptors (Lipinski definition) is 7. The third-order valence-corrected chi connectivity index (χ3v) is 6.51. The van der Waals surface area contributed by atoms with E-state index in [-0.39, 0.29) is 6.04 Å². The van der Waals surface area contributed by atoms with E-state index < -0.39 is 0 Å². The van der Waals surface area contributed by atoms with E-state index in [9.17, 15) is 0 Å². The maximum atomic E-state index is 5.99. The molecule has 0 saturated carbocycles. The van der Waals surface area contributed by atoms with Crippen molar-refractivity contribution in [3.63, 3.8) is 0 Å². The predicted octanol–water partition coefficient (Wildman–Crippen LogP) is 5.35. The van der Waals surface area contributed by atoms with Gasteiger partial charge in [-0.15, -0.1) is 16.4 Å². The molecule has 1 aliphatic carbocycles. The minimum atomic E-state index is 0.272. The molecule has 0 fully saturated rings. The van der Waals surface area contributed by atoms with E-state index in [2.05, 4.69) is 56.9 Å². The second kappa shape index (κ2) is 8.53. The zero-order valence-corrected chi connectivity index (χ0v) is 17.7. The van der Waals surface area contributed by atoms with Crippen LogP contribution in [0.3, 0.4) is 0 Å². The molecule has 2 aromatic heterocycles. The van der Waals surface area contributed by atoms with E-state index in [0.717, 1.165) is 47.9 Å². The van der Waals surface area contributed by atoms with E-state index in [1.54, 1.807) is 11.3 Å². The highest BCUT2D eigenvalue weighted by Crippen LogP contribution is 2.36. The number of benzene rings is 1. The lowest BCUT2D eigenvalue weighted by Crippen LogP contribution is -2.22. The van der Waals surface area contributed by atoms with E-state index in [1.807, 2.05) is 13.0 Å². The highest BCUT2D eigenvalue weighted by molar-refractivity contribution is 7.13. The van der Waals surface area contributed by atoms with E-state index in [1.165, 1.54) is 16.7 Å². The molecule has 154 valence electrons. The summed E-state index contributed by atoms with van der Waals surface area (Å²) in [5.41, 5.74) is 4.67. The predicted molar refractivity (Wildman–Crippen MR) is 119 cm³/mol. The number of aromatic nitrogens is 3. The molecule has 2 aliphatic rings. The van der Waals surface area contributed by atoms with Crippen LogP contribution in [-0.4, -0.2) is 34.4 Å². The molecule has 0 saturated heterocycles. The standard InChI is InChI=1S/C23H24N4O2S/c1-15-24-20(21(30-15)17-10-12-28-13-11-17)22-26-27-23(29-22)25-19-9-5-8-18(14-19)16-6-3-2-4-7-16/h2-4,6-8,10,19H,5,9,11-14H2,1H3,(H,25,27)/t19-/m0/s1. The summed E-state index contributed by atoms with van der Waals surface area (Å²) in [5.74, 6) is 0.471. The molecule has 0 radical (unpaired) electrons. The van der Waals surface area contributed by atoms with Crippen molar-refractivity contribution in [2.75, 3.05) is 18.5 Å². The van der Waals surface area contributed by atoms with E-state index >= 15 is 0 Å². The summed E-state index contributed by atoms with van der Waals surface area (Å²) in [6.45, 7) is 3.38. The third-order valence-electron chi connectivity index (χ3n) is 5.46. The summed E-state index contributed by atoms with van der Waals surface area (Å²) >= 11 is 1.67. The summed E-state index contributed by atoms with van der Waals surface area (Å²) < 4.78 is 11.4. The zero-order valence-electron chi connectivity index (χ0n) is 16.9. The van der Waals surface area contributed by atoms with Crippen molar-refractivity contribution in [1.29, 1.82) is 0 Å². The number of anilines is 1. The van der Waals surface area contributed by atoms with Crippen LogP contribution in [0.1, 0.15) is 41.1 Å². The van der Waals surface area contributed by atoms with Gasteiger partial charge in [0.1, 0.15) is 5.69 Å². The molecular formula is C23H24N4O2S. The molecule has 0 spiro atoms. The van der Waals surface area contributed by atoms with Crippen LogP contribution in [0.5, 0.6) is 0 Å². The van der Waals surface area contributed by atoms with Gasteiger partial charge in [-0.3, -0.25) is 0 Å². The third kappa shape index (κ3) is 4.08. The average molecular weight is 421 g/mol. The van der Waals surface area contributed by atoms with Crippen molar-refractivity contribution in [2.24, 2.45) is 0 Å². The number of nitrogens with zero attached hydrogens (tertiary/aromatic N) is 3. The van der Waals surface area contributed by atoms with Crippen molar-refractivity contribution in [1.82, 2.24) is 15.2 Å². The Hall–Kier alpha value is -2.77. The Balaban J connectivity index is 1.32. The SMILES string of the molecule is Cc1nc(-c2nnc(N[C@H]3CCC=C(c4ccccc4)C3)o2)c(C2=CCOCC2)s1. The molecule has 5 rings (SSSR count). The fourth-order valence-corrected chi connectivity index (χ4v) is 4.97. The number of allylic oxidation sites excluding steroid dienone is 1. The Kier molecular flexibility index (Phi) is 5.46. The number of nitrogens with one attached hydrogen (secondary N) is 1. The van der Waals surface area contributed by atoms with Crippen LogP contribution in [0, 0.1) is 6.92 Å². The van der Waals surface area contributed by atoms with E-state index in [4.69, 9.17) is 9.15 Å². The van der Waals surface area contributed by atoms with Crippen molar-refractivity contribution in [2.45, 2.75) is 38.6 Å². The zero-order chi connectivity index (χ0) is 20.3. The van der Waals surface area contributed by atoms with Crippen LogP contribution in [0.2, 0.25) is 0 Å². The van der Waals surface area contributed by atoms with Crippen molar-refractivity contribution in [3.8, 4) is 11.6 Å². The Morgan fingerprint density at radius 2 is 2.00 bits per heavy atom. The number of thiazole rings is 1. The second-order valence-corrected chi connectivity index (χ2v) is 8.80. The molecule has 1 aliphatic heterocycles. The van der Waals surface area contributed by atoms with Gasteiger partial charge >= 0.3 is 6.01 Å². The topological polar surface area (TPSA) is 73.1 Å². The van der Waals surface area contributed by atoms with Crippen molar-refractivity contribution >= 4 is 28.5 Å². The van der Waals surface area contributed by atoms with Crippen LogP contribution in [0.25, 0.3) is 22.7 Å². The Bertz CT molecular complexity index is 1080. The molecule has 1 aromatic carbocycles. The van der Waals surface area contributed by atoms with Gasteiger partial charge in [-0.1, -0.05) is 47.6 Å². The smallest absolute Gasteiger partial charge is 0.316 e. The first kappa shape index (κ1) is 19.2. The summed E-state index contributed by atoms with van der Waals surface area (Å²) in [4.78, 5) is 5.78. The number of ether oxygens (including phenoxy) is 1. The highest BCUT2D eigenvalue weighted by Gasteiger charge is 2.23. The second-order valence-electron chi connectivity index (χ2n) is 7.60. The average Bonchev–Trinajstić information content (AvgIpc) is 3.41. The summed E-state index contributed by atoms with van der Waals surface area (Å²) in [7, 11) is 0. The summed E-state index contributed by atoms with van der Waals surface area (Å²) in [6, 6.07) is 11.3. The van der Waals surface area contributed by atoms with Crippen molar-refractivity contribution in [3.05, 3.63) is 57.9 Å².